The van der Waals surface area contributed by atoms with Crippen molar-refractivity contribution in [2.45, 2.75) is 44.8 Å². The van der Waals surface area contributed by atoms with Crippen molar-refractivity contribution >= 4 is 0 Å². The van der Waals surface area contributed by atoms with Gasteiger partial charge in [0.1, 0.15) is 0 Å². The molecule has 0 aromatic carbocycles. The zero-order valence-electron chi connectivity index (χ0n) is 10.3. The smallest absolute Gasteiger partial charge is 0.0928 e. The second-order valence-corrected chi connectivity index (χ2v) is 4.65. The average molecular weight is 215 g/mol. The van der Waals surface area contributed by atoms with Crippen LogP contribution in [0.15, 0.2) is 0 Å². The summed E-state index contributed by atoms with van der Waals surface area (Å²) < 4.78 is 10.4. The minimum absolute atomic E-state index is 0.179. The van der Waals surface area contributed by atoms with E-state index in [-0.39, 0.29) is 6.10 Å². The molecule has 1 saturated carbocycles. The van der Waals surface area contributed by atoms with Crippen LogP contribution in [0.1, 0.15) is 32.6 Å². The van der Waals surface area contributed by atoms with Crippen LogP contribution < -0.4 is 5.32 Å². The van der Waals surface area contributed by atoms with Gasteiger partial charge in [-0.25, -0.2) is 0 Å². The van der Waals surface area contributed by atoms with Crippen LogP contribution >= 0.6 is 0 Å². The Labute approximate surface area is 93.5 Å². The van der Waals surface area contributed by atoms with Crippen LogP contribution in [0.25, 0.3) is 0 Å². The highest BCUT2D eigenvalue weighted by Gasteiger charge is 2.20. The van der Waals surface area contributed by atoms with E-state index in [0.29, 0.717) is 12.6 Å². The minimum Gasteiger partial charge on any atom is -0.382 e. The molecule has 0 amide bonds. The Morgan fingerprint density at radius 2 is 2.07 bits per heavy atom. The third kappa shape index (κ3) is 4.96. The Hall–Kier alpha value is -0.120. The Bertz CT molecular complexity index is 160. The Morgan fingerprint density at radius 1 is 1.33 bits per heavy atom. The number of hydrogen-bond donors (Lipinski definition) is 1. The van der Waals surface area contributed by atoms with Gasteiger partial charge in [0.15, 0.2) is 0 Å². The van der Waals surface area contributed by atoms with Crippen molar-refractivity contribution in [3.63, 3.8) is 0 Å². The zero-order chi connectivity index (χ0) is 11.1. The third-order valence-electron chi connectivity index (χ3n) is 3.29. The van der Waals surface area contributed by atoms with Crippen LogP contribution in [0.4, 0.5) is 0 Å². The molecule has 0 heterocycles. The Morgan fingerprint density at radius 3 is 2.53 bits per heavy atom. The summed E-state index contributed by atoms with van der Waals surface area (Å²) >= 11 is 0. The summed E-state index contributed by atoms with van der Waals surface area (Å²) in [6.45, 7) is 3.82. The van der Waals surface area contributed by atoms with Gasteiger partial charge in [-0.15, -0.1) is 0 Å². The first-order chi connectivity index (χ1) is 7.26. The molecular formula is C12H25NO2. The number of hydrogen-bond acceptors (Lipinski definition) is 3. The first-order valence-electron chi connectivity index (χ1n) is 6.01. The topological polar surface area (TPSA) is 30.5 Å². The lowest BCUT2D eigenvalue weighted by Crippen LogP contribution is -2.38. The van der Waals surface area contributed by atoms with E-state index in [4.69, 9.17) is 9.47 Å². The second-order valence-electron chi connectivity index (χ2n) is 4.65. The molecular weight excluding hydrogens is 190 g/mol. The molecule has 1 aliphatic carbocycles. The van der Waals surface area contributed by atoms with Crippen LogP contribution in [0, 0.1) is 5.92 Å². The lowest BCUT2D eigenvalue weighted by molar-refractivity contribution is 0.0270. The van der Waals surface area contributed by atoms with E-state index in [1.54, 1.807) is 14.2 Å². The summed E-state index contributed by atoms with van der Waals surface area (Å²) in [4.78, 5) is 0. The highest BCUT2D eigenvalue weighted by molar-refractivity contribution is 4.75. The molecule has 3 nitrogen and oxygen atoms in total. The first kappa shape index (κ1) is 12.9. The minimum atomic E-state index is 0.179. The standard InChI is InChI=1S/C12H25NO2/c1-10(7-11-5-4-6-11)13-8-12(15-3)9-14-2/h10-13H,4-9H2,1-3H3. The third-order valence-corrected chi connectivity index (χ3v) is 3.29. The monoisotopic (exact) mass is 215 g/mol. The summed E-state index contributed by atoms with van der Waals surface area (Å²) in [5.41, 5.74) is 0. The second kappa shape index (κ2) is 7.20. The molecule has 0 saturated heterocycles. The first-order valence-corrected chi connectivity index (χ1v) is 6.01. The van der Waals surface area contributed by atoms with Crippen molar-refractivity contribution in [1.82, 2.24) is 5.32 Å². The molecule has 1 aliphatic rings. The van der Waals surface area contributed by atoms with Gasteiger partial charge >= 0.3 is 0 Å². The van der Waals surface area contributed by atoms with Gasteiger partial charge in [-0.1, -0.05) is 19.3 Å². The fraction of sp³-hybridized carbons (Fsp3) is 1.00. The molecule has 0 spiro atoms. The molecule has 0 aromatic heterocycles. The van der Waals surface area contributed by atoms with Crippen molar-refractivity contribution in [3.05, 3.63) is 0 Å². The van der Waals surface area contributed by atoms with Crippen molar-refractivity contribution in [3.8, 4) is 0 Å². The molecule has 1 rings (SSSR count). The summed E-state index contributed by atoms with van der Waals surface area (Å²) in [5, 5.41) is 3.51. The van der Waals surface area contributed by atoms with Gasteiger partial charge < -0.3 is 14.8 Å². The molecule has 0 radical (unpaired) electrons. The van der Waals surface area contributed by atoms with Gasteiger partial charge in [0.25, 0.3) is 0 Å². The van der Waals surface area contributed by atoms with Gasteiger partial charge in [0.2, 0.25) is 0 Å². The van der Waals surface area contributed by atoms with Crippen LogP contribution in [-0.2, 0) is 9.47 Å². The summed E-state index contributed by atoms with van der Waals surface area (Å²) in [5.74, 6) is 0.968. The number of nitrogens with one attached hydrogen (secondary N) is 1. The van der Waals surface area contributed by atoms with Gasteiger partial charge in [0, 0.05) is 26.8 Å². The maximum atomic E-state index is 5.30. The normalized spacial score (nSPS) is 21.0. The molecule has 0 aliphatic heterocycles. The maximum absolute atomic E-state index is 5.30. The number of methoxy groups -OCH3 is 2. The largest absolute Gasteiger partial charge is 0.382 e. The number of rotatable bonds is 8. The van der Waals surface area contributed by atoms with E-state index in [1.165, 1.54) is 25.7 Å². The SMILES string of the molecule is COCC(CNC(C)CC1CCC1)OC. The van der Waals surface area contributed by atoms with E-state index < -0.39 is 0 Å². The highest BCUT2D eigenvalue weighted by Crippen LogP contribution is 2.30. The number of ether oxygens (including phenoxy) is 2. The van der Waals surface area contributed by atoms with Crippen molar-refractivity contribution in [1.29, 1.82) is 0 Å². The van der Waals surface area contributed by atoms with E-state index in [0.717, 1.165) is 12.5 Å². The van der Waals surface area contributed by atoms with Crippen LogP contribution in [0.2, 0.25) is 0 Å². The molecule has 3 heteroatoms. The highest BCUT2D eigenvalue weighted by atomic mass is 16.5. The summed E-state index contributed by atoms with van der Waals surface area (Å²) in [6.07, 6.45) is 5.78. The van der Waals surface area contributed by atoms with Crippen LogP contribution in [0.5, 0.6) is 0 Å². The molecule has 1 fully saturated rings. The van der Waals surface area contributed by atoms with Crippen LogP contribution in [-0.4, -0.2) is 39.5 Å². The molecule has 2 unspecified atom stereocenters. The predicted octanol–water partition coefficient (Wildman–Crippen LogP) is 1.82. The van der Waals surface area contributed by atoms with Crippen molar-refractivity contribution in [2.75, 3.05) is 27.4 Å². The van der Waals surface area contributed by atoms with Crippen molar-refractivity contribution in [2.24, 2.45) is 5.92 Å². The van der Waals surface area contributed by atoms with E-state index in [9.17, 15) is 0 Å². The molecule has 0 aromatic rings. The average Bonchev–Trinajstić information content (AvgIpc) is 2.18. The van der Waals surface area contributed by atoms with Gasteiger partial charge in [0.05, 0.1) is 12.7 Å². The van der Waals surface area contributed by atoms with Crippen molar-refractivity contribution < 1.29 is 9.47 Å². The van der Waals surface area contributed by atoms with E-state index in [1.807, 2.05) is 0 Å². The summed E-state index contributed by atoms with van der Waals surface area (Å²) in [7, 11) is 3.45. The Balaban J connectivity index is 2.05. The van der Waals surface area contributed by atoms with Gasteiger partial charge in [-0.3, -0.25) is 0 Å². The molecule has 2 atom stereocenters. The molecule has 90 valence electrons. The lowest BCUT2D eigenvalue weighted by atomic mass is 9.81. The zero-order valence-corrected chi connectivity index (χ0v) is 10.3. The molecule has 1 N–H and O–H groups in total. The van der Waals surface area contributed by atoms with E-state index in [2.05, 4.69) is 12.2 Å². The summed E-state index contributed by atoms with van der Waals surface area (Å²) in [6, 6.07) is 0.602. The van der Waals surface area contributed by atoms with E-state index >= 15 is 0 Å². The van der Waals surface area contributed by atoms with Gasteiger partial charge in [-0.05, 0) is 19.3 Å². The fourth-order valence-corrected chi connectivity index (χ4v) is 2.04. The molecule has 15 heavy (non-hydrogen) atoms. The quantitative estimate of drug-likeness (QED) is 0.670. The predicted molar refractivity (Wildman–Crippen MR) is 62.1 cm³/mol. The maximum Gasteiger partial charge on any atom is 0.0928 e. The lowest BCUT2D eigenvalue weighted by Gasteiger charge is -2.29. The molecule has 0 bridgehead atoms. The Kier molecular flexibility index (Phi) is 6.22. The van der Waals surface area contributed by atoms with Gasteiger partial charge in [-0.2, -0.15) is 0 Å². The fourth-order valence-electron chi connectivity index (χ4n) is 2.04. The van der Waals surface area contributed by atoms with Crippen LogP contribution in [0.3, 0.4) is 0 Å².